The number of benzene rings is 3. The van der Waals surface area contributed by atoms with Crippen LogP contribution in [0.5, 0.6) is 5.75 Å². The fraction of sp³-hybridized carbons (Fsp3) is 0.458. The number of amides is 4. The van der Waals surface area contributed by atoms with Crippen molar-refractivity contribution in [3.05, 3.63) is 131 Å². The molecule has 0 saturated carbocycles. The monoisotopic (exact) mass is 1080 g/mol. The second kappa shape index (κ2) is 27.5. The Bertz CT molecular complexity index is 2900. The van der Waals surface area contributed by atoms with E-state index in [0.29, 0.717) is 70.2 Å². The summed E-state index contributed by atoms with van der Waals surface area (Å²) in [7, 11) is 0. The lowest BCUT2D eigenvalue weighted by atomic mass is 9.85. The number of nitrogens with zero attached hydrogens (tertiary/aromatic N) is 5. The standard InChI is InChI=1S/C59H75N11O7S/c1-40(64-54(72)46-14-9-15-47(35-46)67-59(24-28-61-29-25-59)57-66-53(68-69-57)44-22-26-60-27-23-44)45-13-10-16-48(36-45)77-34-8-6-7-31-75-32-12-33-76-38-50(71)65-52(58(3,4)5)56(74)70-30-11-17-49(70)55(73)62-37-42-18-20-43(21-19-42)51-41(2)63-39-78-51/h9-10,13-16,18-23,26-27,35-36,39-40,49,52,61,67H,6-8,11-12,17,24-25,28-34,37-38H2,1-5H3,(H,62,73)(H,64,72)(H,65,71)(H,66,68,69)/t40-,49+,52-/m1/s1. The number of aryl methyl sites for hydroxylation is 1. The molecule has 78 heavy (non-hydrogen) atoms. The van der Waals surface area contributed by atoms with Crippen LogP contribution in [0, 0.1) is 12.3 Å². The van der Waals surface area contributed by atoms with Crippen LogP contribution in [0.2, 0.25) is 0 Å². The molecule has 8 rings (SSSR count). The third kappa shape index (κ3) is 15.6. The Hall–Kier alpha value is -7.06. The van der Waals surface area contributed by atoms with Gasteiger partial charge in [0.05, 0.1) is 34.3 Å². The number of likely N-dealkylation sites (tertiary alicyclic amines) is 1. The maximum atomic E-state index is 14.0. The molecule has 5 heterocycles. The summed E-state index contributed by atoms with van der Waals surface area (Å²) in [6.07, 6.45) is 9.58. The molecule has 2 aliphatic heterocycles. The number of rotatable bonds is 26. The van der Waals surface area contributed by atoms with Gasteiger partial charge < -0.3 is 45.7 Å². The quantitative estimate of drug-likeness (QED) is 0.0282. The van der Waals surface area contributed by atoms with Gasteiger partial charge in [0.2, 0.25) is 17.7 Å². The molecule has 3 aromatic carbocycles. The minimum atomic E-state index is -0.828. The summed E-state index contributed by atoms with van der Waals surface area (Å²) in [6, 6.07) is 25.5. The van der Waals surface area contributed by atoms with E-state index in [1.807, 2.05) is 125 Å². The van der Waals surface area contributed by atoms with Crippen LogP contribution in [0.4, 0.5) is 5.69 Å². The molecule has 2 fully saturated rings. The molecule has 3 atom stereocenters. The Kier molecular flexibility index (Phi) is 20.1. The van der Waals surface area contributed by atoms with Crippen LogP contribution in [-0.2, 0) is 35.9 Å². The number of aromatic nitrogens is 5. The number of unbranched alkanes of at least 4 members (excludes halogenated alkanes) is 2. The van der Waals surface area contributed by atoms with Crippen LogP contribution in [0.25, 0.3) is 21.8 Å². The summed E-state index contributed by atoms with van der Waals surface area (Å²) >= 11 is 1.60. The fourth-order valence-corrected chi connectivity index (χ4v) is 10.6. The lowest BCUT2D eigenvalue weighted by Gasteiger charge is -2.37. The average Bonchev–Trinajstić information content (AvgIpc) is 4.26. The third-order valence-corrected chi connectivity index (χ3v) is 15.2. The van der Waals surface area contributed by atoms with E-state index in [1.165, 1.54) is 0 Å². The zero-order valence-corrected chi connectivity index (χ0v) is 46.4. The van der Waals surface area contributed by atoms with Gasteiger partial charge in [-0.2, -0.15) is 5.10 Å². The molecule has 0 spiro atoms. The first-order chi connectivity index (χ1) is 37.8. The molecule has 0 aliphatic carbocycles. The van der Waals surface area contributed by atoms with Gasteiger partial charge in [-0.15, -0.1) is 11.3 Å². The van der Waals surface area contributed by atoms with Crippen molar-refractivity contribution in [2.24, 2.45) is 5.41 Å². The van der Waals surface area contributed by atoms with Gasteiger partial charge in [-0.3, -0.25) is 29.3 Å². The van der Waals surface area contributed by atoms with Gasteiger partial charge in [0.15, 0.2) is 11.6 Å². The molecule has 6 N–H and O–H groups in total. The van der Waals surface area contributed by atoms with E-state index >= 15 is 0 Å². The number of piperidine rings is 1. The molecular formula is C59H75N11O7S. The maximum absolute atomic E-state index is 14.0. The normalized spacial score (nSPS) is 16.0. The van der Waals surface area contributed by atoms with Crippen molar-refractivity contribution in [1.82, 2.24) is 51.3 Å². The van der Waals surface area contributed by atoms with Crippen molar-refractivity contribution in [3.8, 4) is 27.6 Å². The van der Waals surface area contributed by atoms with Crippen molar-refractivity contribution >= 4 is 40.7 Å². The van der Waals surface area contributed by atoms with E-state index in [4.69, 9.17) is 19.2 Å². The van der Waals surface area contributed by atoms with Crippen molar-refractivity contribution in [1.29, 1.82) is 0 Å². The number of hydrogen-bond acceptors (Lipinski definition) is 14. The Balaban J connectivity index is 0.684. The Morgan fingerprint density at radius 3 is 2.38 bits per heavy atom. The van der Waals surface area contributed by atoms with E-state index in [0.717, 1.165) is 95.3 Å². The third-order valence-electron chi connectivity index (χ3n) is 14.2. The summed E-state index contributed by atoms with van der Waals surface area (Å²) in [5, 5.41) is 24.0. The molecule has 0 bridgehead atoms. The van der Waals surface area contributed by atoms with Gasteiger partial charge in [0.25, 0.3) is 5.91 Å². The molecule has 2 saturated heterocycles. The average molecular weight is 1080 g/mol. The van der Waals surface area contributed by atoms with Crippen LogP contribution < -0.4 is 31.3 Å². The summed E-state index contributed by atoms with van der Waals surface area (Å²) < 4.78 is 17.6. The van der Waals surface area contributed by atoms with Crippen molar-refractivity contribution in [2.45, 2.75) is 116 Å². The number of ether oxygens (including phenoxy) is 3. The summed E-state index contributed by atoms with van der Waals surface area (Å²) in [5.41, 5.74) is 6.97. The summed E-state index contributed by atoms with van der Waals surface area (Å²) in [4.78, 5) is 70.1. The van der Waals surface area contributed by atoms with Crippen molar-refractivity contribution in [3.63, 3.8) is 0 Å². The molecule has 4 amide bonds. The number of pyridine rings is 1. The molecule has 18 nitrogen and oxygen atoms in total. The molecule has 19 heteroatoms. The number of aromatic amines is 1. The van der Waals surface area contributed by atoms with Gasteiger partial charge >= 0.3 is 0 Å². The highest BCUT2D eigenvalue weighted by Crippen LogP contribution is 2.35. The van der Waals surface area contributed by atoms with Gasteiger partial charge in [-0.25, -0.2) is 9.97 Å². The highest BCUT2D eigenvalue weighted by Gasteiger charge is 2.42. The van der Waals surface area contributed by atoms with Crippen LogP contribution in [0.3, 0.4) is 0 Å². The predicted molar refractivity (Wildman–Crippen MR) is 302 cm³/mol. The van der Waals surface area contributed by atoms with E-state index in [2.05, 4.69) is 46.7 Å². The SMILES string of the molecule is Cc1ncsc1-c1ccc(CNC(=O)[C@@H]2CCCN2C(=O)[C@@H](NC(=O)COCCCOCCCCCOc2cccc([C@@H](C)NC(=O)c3cccc(NC4(c5nc(-c6ccncc6)n[nH]5)CCNCC4)c3)c2)C(C)(C)C)cc1. The van der Waals surface area contributed by atoms with Crippen LogP contribution in [-0.4, -0.2) is 118 Å². The smallest absolute Gasteiger partial charge is 0.251 e. The topological polar surface area (TPSA) is 227 Å². The molecule has 6 aromatic rings. The van der Waals surface area contributed by atoms with Crippen LogP contribution >= 0.6 is 11.3 Å². The van der Waals surface area contributed by atoms with Gasteiger partial charge in [0, 0.05) is 62.1 Å². The number of anilines is 1. The van der Waals surface area contributed by atoms with E-state index in [1.54, 1.807) is 28.6 Å². The molecular weight excluding hydrogens is 1010 g/mol. The second-order valence-corrected chi connectivity index (χ2v) is 22.1. The molecule has 2 aliphatic rings. The predicted octanol–water partition coefficient (Wildman–Crippen LogP) is 8.29. The molecule has 3 aromatic heterocycles. The minimum absolute atomic E-state index is 0.178. The number of hydrogen-bond donors (Lipinski definition) is 6. The Morgan fingerprint density at radius 1 is 0.859 bits per heavy atom. The first-order valence-corrected chi connectivity index (χ1v) is 28.1. The van der Waals surface area contributed by atoms with Gasteiger partial charge in [-0.1, -0.05) is 63.2 Å². The number of H-pyrrole nitrogens is 1. The Labute approximate surface area is 461 Å². The van der Waals surface area contributed by atoms with E-state index < -0.39 is 23.0 Å². The summed E-state index contributed by atoms with van der Waals surface area (Å²) in [6.45, 7) is 13.9. The molecule has 0 radical (unpaired) electrons. The highest BCUT2D eigenvalue weighted by atomic mass is 32.1. The van der Waals surface area contributed by atoms with E-state index in [-0.39, 0.29) is 36.3 Å². The summed E-state index contributed by atoms with van der Waals surface area (Å²) in [5.74, 6) is 1.08. The second-order valence-electron chi connectivity index (χ2n) is 21.2. The number of carbonyl (C=O) groups excluding carboxylic acids is 4. The zero-order valence-electron chi connectivity index (χ0n) is 45.6. The number of carbonyl (C=O) groups is 4. The number of thiazole rings is 1. The van der Waals surface area contributed by atoms with Crippen molar-refractivity contribution < 1.29 is 33.4 Å². The molecule has 0 unspecified atom stereocenters. The maximum Gasteiger partial charge on any atom is 0.251 e. The van der Waals surface area contributed by atoms with Gasteiger partial charge in [-0.05, 0) is 143 Å². The zero-order chi connectivity index (χ0) is 54.9. The molecule has 414 valence electrons. The van der Waals surface area contributed by atoms with E-state index in [9.17, 15) is 19.2 Å². The van der Waals surface area contributed by atoms with Crippen molar-refractivity contribution in [2.75, 3.05) is 58.0 Å². The number of nitrogens with one attached hydrogen (secondary N) is 6. The van der Waals surface area contributed by atoms with Gasteiger partial charge in [0.1, 0.15) is 24.4 Å². The lowest BCUT2D eigenvalue weighted by Crippen LogP contribution is -2.58. The Morgan fingerprint density at radius 2 is 1.62 bits per heavy atom. The highest BCUT2D eigenvalue weighted by molar-refractivity contribution is 7.13. The minimum Gasteiger partial charge on any atom is -0.494 e. The van der Waals surface area contributed by atoms with Crippen LogP contribution in [0.15, 0.2) is 103 Å². The fourth-order valence-electron chi connectivity index (χ4n) is 9.82. The first kappa shape index (κ1) is 57.1. The largest absolute Gasteiger partial charge is 0.494 e. The first-order valence-electron chi connectivity index (χ1n) is 27.2. The van der Waals surface area contributed by atoms with Crippen LogP contribution in [0.1, 0.15) is 118 Å². The lowest BCUT2D eigenvalue weighted by molar-refractivity contribution is -0.144.